The fraction of sp³-hybridized carbons (Fsp3) is 0.176. The van der Waals surface area contributed by atoms with Crippen LogP contribution in [0.15, 0.2) is 41.5 Å². The number of benzene rings is 1. The Bertz CT molecular complexity index is 1040. The summed E-state index contributed by atoms with van der Waals surface area (Å²) in [5.41, 5.74) is 0.235. The van der Waals surface area contributed by atoms with Crippen molar-refractivity contribution in [3.63, 3.8) is 0 Å². The Labute approximate surface area is 180 Å². The molecule has 12 heteroatoms. The highest BCUT2D eigenvalue weighted by atomic mass is 127. The summed E-state index contributed by atoms with van der Waals surface area (Å²) in [6.07, 6.45) is 1.81. The highest BCUT2D eigenvalue weighted by Crippen LogP contribution is 2.19. The van der Waals surface area contributed by atoms with Gasteiger partial charge >= 0.3 is 0 Å². The molecule has 3 N–H and O–H groups in total. The molecule has 0 atom stereocenters. The molecule has 0 bridgehead atoms. The van der Waals surface area contributed by atoms with E-state index in [1.165, 1.54) is 7.05 Å². The molecule has 3 aromatic rings. The minimum Gasteiger partial charge on any atom is -0.349 e. The van der Waals surface area contributed by atoms with Gasteiger partial charge in [-0.3, -0.25) is 14.2 Å². The molecule has 1 amide bonds. The Morgan fingerprint density at radius 1 is 1.10 bits per heavy atom. The largest absolute Gasteiger partial charge is 0.349 e. The number of hydrogen-bond donors (Lipinski definition) is 3. The Hall–Kier alpha value is -2.90. The van der Waals surface area contributed by atoms with Crippen LogP contribution in [0.4, 0.5) is 18.9 Å². The zero-order valence-electron chi connectivity index (χ0n) is 15.1. The highest BCUT2D eigenvalue weighted by molar-refractivity contribution is 14.0. The first-order valence-corrected chi connectivity index (χ1v) is 8.16. The molecule has 0 radical (unpaired) electrons. The molecule has 0 fully saturated rings. The van der Waals surface area contributed by atoms with Crippen molar-refractivity contribution >= 4 is 47.2 Å². The topological polar surface area (TPSA) is 95.7 Å². The van der Waals surface area contributed by atoms with Crippen LogP contribution in [-0.2, 0) is 11.3 Å². The number of hydrogen-bond acceptors (Lipinski definition) is 4. The molecule has 0 saturated heterocycles. The van der Waals surface area contributed by atoms with Gasteiger partial charge in [-0.1, -0.05) is 6.07 Å². The molecule has 8 nitrogen and oxygen atoms in total. The Kier molecular flexibility index (Phi) is 7.75. The van der Waals surface area contributed by atoms with Gasteiger partial charge in [0.05, 0.1) is 18.8 Å². The van der Waals surface area contributed by atoms with E-state index in [0.717, 1.165) is 12.1 Å². The van der Waals surface area contributed by atoms with E-state index in [4.69, 9.17) is 0 Å². The predicted molar refractivity (Wildman–Crippen MR) is 112 cm³/mol. The number of carbonyl (C=O) groups is 1. The van der Waals surface area contributed by atoms with Crippen LogP contribution in [0.2, 0.25) is 0 Å². The molecule has 29 heavy (non-hydrogen) atoms. The number of rotatable bonds is 5. The molecule has 0 aliphatic carbocycles. The lowest BCUT2D eigenvalue weighted by molar-refractivity contribution is -0.115. The van der Waals surface area contributed by atoms with Crippen LogP contribution in [0.25, 0.3) is 5.65 Å². The normalized spacial score (nSPS) is 11.1. The highest BCUT2D eigenvalue weighted by Gasteiger charge is 2.15. The van der Waals surface area contributed by atoms with E-state index in [9.17, 15) is 18.0 Å². The maximum Gasteiger partial charge on any atom is 0.243 e. The van der Waals surface area contributed by atoms with Crippen LogP contribution in [0.1, 0.15) is 5.82 Å². The summed E-state index contributed by atoms with van der Waals surface area (Å²) in [7, 11) is 1.50. The molecule has 2 heterocycles. The van der Waals surface area contributed by atoms with E-state index < -0.39 is 29.0 Å². The summed E-state index contributed by atoms with van der Waals surface area (Å²) in [5.74, 6) is -4.20. The summed E-state index contributed by atoms with van der Waals surface area (Å²) < 4.78 is 41.5. The van der Waals surface area contributed by atoms with E-state index >= 15 is 0 Å². The number of halogens is 4. The Balaban J connectivity index is 0.00000300. The van der Waals surface area contributed by atoms with Gasteiger partial charge in [-0.05, 0) is 24.3 Å². The van der Waals surface area contributed by atoms with Crippen LogP contribution in [0, 0.1) is 17.5 Å². The van der Waals surface area contributed by atoms with Crippen LogP contribution < -0.4 is 16.0 Å². The van der Waals surface area contributed by atoms with Gasteiger partial charge < -0.3 is 16.0 Å². The fourth-order valence-corrected chi connectivity index (χ4v) is 2.38. The van der Waals surface area contributed by atoms with E-state index in [1.54, 1.807) is 4.40 Å². The molecular formula is C17H17F3IN7O. The number of pyridine rings is 1. The molecule has 0 unspecified atom stereocenters. The Morgan fingerprint density at radius 3 is 2.66 bits per heavy atom. The van der Waals surface area contributed by atoms with E-state index in [2.05, 4.69) is 31.1 Å². The first-order valence-electron chi connectivity index (χ1n) is 8.16. The number of nitrogens with one attached hydrogen (secondary N) is 3. The zero-order chi connectivity index (χ0) is 20.1. The van der Waals surface area contributed by atoms with Crippen LogP contribution in [-0.4, -0.2) is 40.1 Å². The van der Waals surface area contributed by atoms with Crippen molar-refractivity contribution in [1.29, 1.82) is 0 Å². The lowest BCUT2D eigenvalue weighted by Gasteiger charge is -2.12. The van der Waals surface area contributed by atoms with Gasteiger partial charge in [0.1, 0.15) is 0 Å². The van der Waals surface area contributed by atoms with Crippen molar-refractivity contribution in [2.75, 3.05) is 18.9 Å². The smallest absolute Gasteiger partial charge is 0.243 e. The van der Waals surface area contributed by atoms with Crippen molar-refractivity contribution in [3.05, 3.63) is 59.8 Å². The monoisotopic (exact) mass is 519 g/mol. The van der Waals surface area contributed by atoms with E-state index in [-0.39, 0.29) is 43.0 Å². The number of carbonyl (C=O) groups excluding carboxylic acids is 1. The number of guanidine groups is 1. The SMILES string of the molecule is CN=C(NCC(=O)Nc1ccc(F)c(F)c1F)NCc1nnc2ccccn12.I. The fourth-order valence-electron chi connectivity index (χ4n) is 2.38. The maximum atomic E-state index is 13.6. The summed E-state index contributed by atoms with van der Waals surface area (Å²) in [6, 6.07) is 7.16. The van der Waals surface area contributed by atoms with Crippen LogP contribution >= 0.6 is 24.0 Å². The zero-order valence-corrected chi connectivity index (χ0v) is 17.4. The molecular weight excluding hydrogens is 502 g/mol. The van der Waals surface area contributed by atoms with E-state index in [1.807, 2.05) is 24.4 Å². The third kappa shape index (κ3) is 5.34. The number of aliphatic imine (C=N–C) groups is 1. The summed E-state index contributed by atoms with van der Waals surface area (Å²) in [5, 5.41) is 15.9. The molecule has 3 rings (SSSR count). The van der Waals surface area contributed by atoms with E-state index in [0.29, 0.717) is 11.5 Å². The molecule has 2 aromatic heterocycles. The summed E-state index contributed by atoms with van der Waals surface area (Å²) in [4.78, 5) is 15.9. The molecule has 0 spiro atoms. The minimum absolute atomic E-state index is 0. The second-order valence-corrected chi connectivity index (χ2v) is 5.60. The lowest BCUT2D eigenvalue weighted by atomic mass is 10.2. The van der Waals surface area contributed by atoms with Crippen LogP contribution in [0.3, 0.4) is 0 Å². The van der Waals surface area contributed by atoms with Crippen LogP contribution in [0.5, 0.6) is 0 Å². The average molecular weight is 519 g/mol. The molecule has 1 aromatic carbocycles. The third-order valence-corrected chi connectivity index (χ3v) is 3.75. The predicted octanol–water partition coefficient (Wildman–Crippen LogP) is 2.07. The first kappa shape index (κ1) is 22.4. The first-order chi connectivity index (χ1) is 13.5. The molecule has 0 aliphatic heterocycles. The lowest BCUT2D eigenvalue weighted by Crippen LogP contribution is -2.41. The van der Waals surface area contributed by atoms with Crippen molar-refractivity contribution < 1.29 is 18.0 Å². The average Bonchev–Trinajstić information content (AvgIpc) is 3.12. The van der Waals surface area contributed by atoms with Gasteiger partial charge in [-0.15, -0.1) is 34.2 Å². The number of nitrogens with zero attached hydrogens (tertiary/aromatic N) is 4. The van der Waals surface area contributed by atoms with Crippen molar-refractivity contribution in [1.82, 2.24) is 25.2 Å². The van der Waals surface area contributed by atoms with Crippen molar-refractivity contribution in [3.8, 4) is 0 Å². The van der Waals surface area contributed by atoms with Gasteiger partial charge in [-0.2, -0.15) is 0 Å². The summed E-state index contributed by atoms with van der Waals surface area (Å²) >= 11 is 0. The minimum atomic E-state index is -1.65. The standard InChI is InChI=1S/C17H16F3N7O.HI/c1-21-17(22-8-13-26-25-12-4-2-3-7-27(12)13)23-9-14(28)24-11-6-5-10(18)15(19)16(11)20;/h2-7H,8-9H2,1H3,(H,24,28)(H2,21,22,23);1H. The van der Waals surface area contributed by atoms with Crippen molar-refractivity contribution in [2.24, 2.45) is 4.99 Å². The summed E-state index contributed by atoms with van der Waals surface area (Å²) in [6.45, 7) is 0.00294. The molecule has 0 aliphatic rings. The number of amides is 1. The number of fused-ring (bicyclic) bond motifs is 1. The maximum absolute atomic E-state index is 13.6. The van der Waals surface area contributed by atoms with Gasteiger partial charge in [0, 0.05) is 13.2 Å². The number of anilines is 1. The van der Waals surface area contributed by atoms with Gasteiger partial charge in [0.25, 0.3) is 0 Å². The molecule has 154 valence electrons. The second kappa shape index (κ2) is 10.0. The van der Waals surface area contributed by atoms with Crippen molar-refractivity contribution in [2.45, 2.75) is 6.54 Å². The van der Waals surface area contributed by atoms with Gasteiger partial charge in [-0.25, -0.2) is 13.2 Å². The Morgan fingerprint density at radius 2 is 1.90 bits per heavy atom. The second-order valence-electron chi connectivity index (χ2n) is 5.60. The number of aromatic nitrogens is 3. The molecule has 0 saturated carbocycles. The third-order valence-electron chi connectivity index (χ3n) is 3.75. The van der Waals surface area contributed by atoms with Gasteiger partial charge in [0.2, 0.25) is 5.91 Å². The quantitative estimate of drug-likeness (QED) is 0.208. The van der Waals surface area contributed by atoms with Gasteiger partial charge in [0.15, 0.2) is 34.9 Å².